The number of nitrogen functional groups attached to an aromatic ring is 1. The Balaban J connectivity index is 2.08. The Bertz CT molecular complexity index is 414. The smallest absolute Gasteiger partial charge is 0.293 e. The SMILES string of the molecule is Nc1ccccc1CC1(CCOC=O)CCNCC1. The van der Waals surface area contributed by atoms with Crippen molar-refractivity contribution in [2.24, 2.45) is 5.41 Å². The second-order valence-corrected chi connectivity index (χ2v) is 5.34. The molecule has 0 atom stereocenters. The molecule has 3 N–H and O–H groups in total. The van der Waals surface area contributed by atoms with E-state index in [0.717, 1.165) is 44.5 Å². The molecule has 0 saturated carbocycles. The Morgan fingerprint density at radius 1 is 1.32 bits per heavy atom. The van der Waals surface area contributed by atoms with Crippen molar-refractivity contribution in [3.05, 3.63) is 29.8 Å². The minimum absolute atomic E-state index is 0.198. The van der Waals surface area contributed by atoms with Crippen LogP contribution in [-0.2, 0) is 16.0 Å². The number of nitrogens with one attached hydrogen (secondary N) is 1. The third-order valence-corrected chi connectivity index (χ3v) is 4.10. The average molecular weight is 262 g/mol. The van der Waals surface area contributed by atoms with Gasteiger partial charge >= 0.3 is 0 Å². The number of piperidine rings is 1. The highest BCUT2D eigenvalue weighted by Gasteiger charge is 2.32. The lowest BCUT2D eigenvalue weighted by Crippen LogP contribution is -2.39. The fourth-order valence-corrected chi connectivity index (χ4v) is 2.90. The van der Waals surface area contributed by atoms with Crippen LogP contribution in [0, 0.1) is 5.41 Å². The van der Waals surface area contributed by atoms with Crippen molar-refractivity contribution in [1.29, 1.82) is 0 Å². The molecule has 0 unspecified atom stereocenters. The highest BCUT2D eigenvalue weighted by atomic mass is 16.5. The first-order chi connectivity index (χ1) is 9.26. The second kappa shape index (κ2) is 6.57. The van der Waals surface area contributed by atoms with Gasteiger partial charge in [-0.25, -0.2) is 0 Å². The van der Waals surface area contributed by atoms with E-state index in [1.54, 1.807) is 0 Å². The van der Waals surface area contributed by atoms with E-state index in [1.165, 1.54) is 5.56 Å². The molecular weight excluding hydrogens is 240 g/mol. The minimum Gasteiger partial charge on any atom is -0.468 e. The number of hydrogen-bond donors (Lipinski definition) is 2. The quantitative estimate of drug-likeness (QED) is 0.466. The Morgan fingerprint density at radius 2 is 2.05 bits per heavy atom. The summed E-state index contributed by atoms with van der Waals surface area (Å²) in [6.07, 6.45) is 4.07. The average Bonchev–Trinajstić information content (AvgIpc) is 2.43. The van der Waals surface area contributed by atoms with Crippen LogP contribution in [-0.4, -0.2) is 26.2 Å². The van der Waals surface area contributed by atoms with Crippen molar-refractivity contribution in [3.63, 3.8) is 0 Å². The van der Waals surface area contributed by atoms with E-state index in [2.05, 4.69) is 11.4 Å². The first-order valence-electron chi connectivity index (χ1n) is 6.85. The number of carbonyl (C=O) groups is 1. The van der Waals surface area contributed by atoms with E-state index < -0.39 is 0 Å². The maximum Gasteiger partial charge on any atom is 0.293 e. The molecule has 1 aromatic carbocycles. The monoisotopic (exact) mass is 262 g/mol. The predicted molar refractivity (Wildman–Crippen MR) is 75.7 cm³/mol. The number of carbonyl (C=O) groups excluding carboxylic acids is 1. The highest BCUT2D eigenvalue weighted by molar-refractivity contribution is 5.46. The topological polar surface area (TPSA) is 64.3 Å². The molecule has 1 saturated heterocycles. The van der Waals surface area contributed by atoms with Gasteiger partial charge in [-0.2, -0.15) is 0 Å². The van der Waals surface area contributed by atoms with Crippen LogP contribution < -0.4 is 11.1 Å². The van der Waals surface area contributed by atoms with Gasteiger partial charge in [0.2, 0.25) is 0 Å². The van der Waals surface area contributed by atoms with E-state index in [4.69, 9.17) is 10.5 Å². The van der Waals surface area contributed by atoms with Crippen LogP contribution in [0.15, 0.2) is 24.3 Å². The standard InChI is InChI=1S/C15H22N2O2/c16-14-4-2-1-3-13(14)11-15(7-10-19-12-18)5-8-17-9-6-15/h1-4,12,17H,5-11,16H2. The van der Waals surface area contributed by atoms with Crippen LogP contribution in [0.1, 0.15) is 24.8 Å². The van der Waals surface area contributed by atoms with Crippen LogP contribution in [0.3, 0.4) is 0 Å². The van der Waals surface area contributed by atoms with Crippen LogP contribution in [0.5, 0.6) is 0 Å². The number of para-hydroxylation sites is 1. The largest absolute Gasteiger partial charge is 0.468 e. The number of hydrogen-bond acceptors (Lipinski definition) is 4. The lowest BCUT2D eigenvalue weighted by molar-refractivity contribution is -0.129. The molecule has 0 bridgehead atoms. The van der Waals surface area contributed by atoms with Crippen molar-refractivity contribution >= 4 is 12.2 Å². The van der Waals surface area contributed by atoms with Gasteiger partial charge in [-0.15, -0.1) is 0 Å². The zero-order valence-corrected chi connectivity index (χ0v) is 11.2. The number of benzene rings is 1. The third kappa shape index (κ3) is 3.70. The second-order valence-electron chi connectivity index (χ2n) is 5.34. The Hall–Kier alpha value is -1.55. The maximum atomic E-state index is 10.3. The molecule has 1 aromatic rings. The van der Waals surface area contributed by atoms with Crippen molar-refractivity contribution in [2.75, 3.05) is 25.4 Å². The van der Waals surface area contributed by atoms with E-state index >= 15 is 0 Å². The molecule has 2 rings (SSSR count). The van der Waals surface area contributed by atoms with Crippen molar-refractivity contribution in [2.45, 2.75) is 25.7 Å². The maximum absolute atomic E-state index is 10.3. The summed E-state index contributed by atoms with van der Waals surface area (Å²) in [6.45, 7) is 3.07. The normalized spacial score (nSPS) is 17.9. The Morgan fingerprint density at radius 3 is 2.74 bits per heavy atom. The summed E-state index contributed by atoms with van der Waals surface area (Å²) in [5.41, 5.74) is 8.31. The molecule has 4 heteroatoms. The van der Waals surface area contributed by atoms with Crippen molar-refractivity contribution in [1.82, 2.24) is 5.32 Å². The molecule has 0 radical (unpaired) electrons. The van der Waals surface area contributed by atoms with Gasteiger partial charge in [-0.05, 0) is 55.8 Å². The summed E-state index contributed by atoms with van der Waals surface area (Å²) in [7, 11) is 0. The summed E-state index contributed by atoms with van der Waals surface area (Å²) >= 11 is 0. The van der Waals surface area contributed by atoms with Gasteiger partial charge in [0.05, 0.1) is 6.61 Å². The molecule has 0 aliphatic carbocycles. The van der Waals surface area contributed by atoms with Gasteiger partial charge in [-0.1, -0.05) is 18.2 Å². The fraction of sp³-hybridized carbons (Fsp3) is 0.533. The lowest BCUT2D eigenvalue weighted by Gasteiger charge is -2.38. The summed E-state index contributed by atoms with van der Waals surface area (Å²) < 4.78 is 4.90. The molecule has 1 aliphatic rings. The molecule has 104 valence electrons. The molecule has 0 aromatic heterocycles. The molecule has 0 spiro atoms. The van der Waals surface area contributed by atoms with Gasteiger partial charge in [0.1, 0.15) is 0 Å². The number of ether oxygens (including phenoxy) is 1. The van der Waals surface area contributed by atoms with Gasteiger partial charge in [0.15, 0.2) is 0 Å². The summed E-state index contributed by atoms with van der Waals surface area (Å²) in [5, 5.41) is 3.39. The van der Waals surface area contributed by atoms with Crippen LogP contribution in [0.4, 0.5) is 5.69 Å². The minimum atomic E-state index is 0.198. The highest BCUT2D eigenvalue weighted by Crippen LogP contribution is 2.37. The zero-order chi connectivity index (χ0) is 13.6. The summed E-state index contributed by atoms with van der Waals surface area (Å²) in [6, 6.07) is 8.04. The molecule has 1 fully saturated rings. The van der Waals surface area contributed by atoms with Gasteiger partial charge < -0.3 is 15.8 Å². The van der Waals surface area contributed by atoms with Gasteiger partial charge in [-0.3, -0.25) is 4.79 Å². The van der Waals surface area contributed by atoms with Gasteiger partial charge in [0.25, 0.3) is 6.47 Å². The number of nitrogens with two attached hydrogens (primary N) is 1. The van der Waals surface area contributed by atoms with Gasteiger partial charge in [0, 0.05) is 5.69 Å². The number of rotatable bonds is 6. The summed E-state index contributed by atoms with van der Waals surface area (Å²) in [5.74, 6) is 0. The van der Waals surface area contributed by atoms with Crippen LogP contribution >= 0.6 is 0 Å². The van der Waals surface area contributed by atoms with Crippen molar-refractivity contribution in [3.8, 4) is 0 Å². The predicted octanol–water partition coefficient (Wildman–Crippen LogP) is 1.74. The fourth-order valence-electron chi connectivity index (χ4n) is 2.90. The third-order valence-electron chi connectivity index (χ3n) is 4.10. The Kier molecular flexibility index (Phi) is 4.80. The van der Waals surface area contributed by atoms with E-state index in [0.29, 0.717) is 13.1 Å². The van der Waals surface area contributed by atoms with Crippen molar-refractivity contribution < 1.29 is 9.53 Å². The Labute approximate surface area is 114 Å². The molecular formula is C15H22N2O2. The molecule has 19 heavy (non-hydrogen) atoms. The first kappa shape index (κ1) is 13.9. The van der Waals surface area contributed by atoms with Crippen LogP contribution in [0.25, 0.3) is 0 Å². The molecule has 4 nitrogen and oxygen atoms in total. The van der Waals surface area contributed by atoms with E-state index in [9.17, 15) is 4.79 Å². The number of anilines is 1. The van der Waals surface area contributed by atoms with Crippen LogP contribution in [0.2, 0.25) is 0 Å². The lowest BCUT2D eigenvalue weighted by atomic mass is 9.72. The van der Waals surface area contributed by atoms with E-state index in [1.807, 2.05) is 18.2 Å². The zero-order valence-electron chi connectivity index (χ0n) is 11.2. The molecule has 0 amide bonds. The molecule has 1 heterocycles. The molecule has 1 aliphatic heterocycles. The first-order valence-corrected chi connectivity index (χ1v) is 6.85. The van der Waals surface area contributed by atoms with E-state index in [-0.39, 0.29) is 5.41 Å². The summed E-state index contributed by atoms with van der Waals surface area (Å²) in [4.78, 5) is 10.3.